The second-order valence-corrected chi connectivity index (χ2v) is 7.61. The van der Waals surface area contributed by atoms with Gasteiger partial charge in [0.05, 0.1) is 2.74 Å². The van der Waals surface area contributed by atoms with Crippen molar-refractivity contribution >= 4 is 5.78 Å². The fourth-order valence-electron chi connectivity index (χ4n) is 3.31. The van der Waals surface area contributed by atoms with E-state index in [0.29, 0.717) is 12.8 Å². The molecule has 1 aromatic rings. The Morgan fingerprint density at radius 1 is 1.41 bits per heavy atom. The average Bonchev–Trinajstić information content (AvgIpc) is 2.83. The predicted molar refractivity (Wildman–Crippen MR) is 110 cm³/mol. The minimum absolute atomic E-state index is 0.271. The smallest absolute Gasteiger partial charge is 0.133 e. The number of carbonyl (C=O) groups is 1. The minimum Gasteiger partial charge on any atom is -0.508 e. The van der Waals surface area contributed by atoms with Gasteiger partial charge in [0.1, 0.15) is 22.9 Å². The standard InChI is InChI=1S/C24H36O3/c1-6-7-8-9-12-23(2,3)16-13-20(26)22-18-15-17(25)10-11-19(18)24(4,5)27-21(22)14-16/h13-14,18-19,26H,6-12,15H2,1-5H3/t18-,19-/m1/s1/i4D3,5D3,10D2,11D2,13D,14D,15D2,18D,19D. The molecule has 3 rings (SSSR count). The van der Waals surface area contributed by atoms with Gasteiger partial charge >= 0.3 is 0 Å². The van der Waals surface area contributed by atoms with Crippen LogP contribution in [0.25, 0.3) is 0 Å². The van der Waals surface area contributed by atoms with Gasteiger partial charge in [-0.3, -0.25) is 4.79 Å². The first kappa shape index (κ1) is 8.08. The molecule has 2 aliphatic rings. The number of fused-ring (bicyclic) bond motifs is 3. The first-order valence-electron chi connectivity index (χ1n) is 17.1. The van der Waals surface area contributed by atoms with E-state index >= 15 is 0 Å². The molecule has 1 fully saturated rings. The van der Waals surface area contributed by atoms with Crippen molar-refractivity contribution in [3.05, 3.63) is 23.2 Å². The number of phenolic OH excluding ortho intramolecular Hbond substituents is 1. The van der Waals surface area contributed by atoms with Crippen LogP contribution >= 0.6 is 0 Å². The Balaban J connectivity index is 2.67. The van der Waals surface area contributed by atoms with Crippen LogP contribution in [0.15, 0.2) is 12.1 Å². The summed E-state index contributed by atoms with van der Waals surface area (Å²) in [6, 6.07) is -1.77. The summed E-state index contributed by atoms with van der Waals surface area (Å²) in [7, 11) is 0. The number of hydrogen-bond donors (Lipinski definition) is 1. The highest BCUT2D eigenvalue weighted by atomic mass is 16.5. The van der Waals surface area contributed by atoms with Crippen LogP contribution in [0, 0.1) is 5.89 Å². The van der Waals surface area contributed by atoms with E-state index in [1.54, 1.807) is 13.8 Å². The number of ketones is 1. The number of Topliss-reactive ketones (excluding diaryl/α,β-unsaturated/α-hetero) is 1. The molecule has 3 heteroatoms. The molecule has 0 radical (unpaired) electrons. The maximum atomic E-state index is 13.3. The molecule has 0 amide bonds. The van der Waals surface area contributed by atoms with Crippen molar-refractivity contribution < 1.29 is 36.6 Å². The summed E-state index contributed by atoms with van der Waals surface area (Å²) in [6.45, 7) is -3.09. The van der Waals surface area contributed by atoms with Gasteiger partial charge in [0.25, 0.3) is 0 Å². The molecule has 0 aromatic heterocycles. The fraction of sp³-hybridized carbons (Fsp3) is 0.708. The van der Waals surface area contributed by atoms with Crippen molar-refractivity contribution in [3.8, 4) is 11.5 Å². The van der Waals surface area contributed by atoms with Gasteiger partial charge in [0.15, 0.2) is 0 Å². The highest BCUT2D eigenvalue weighted by molar-refractivity contribution is 5.81. The first-order chi connectivity index (χ1) is 19.0. The molecule has 1 heterocycles. The van der Waals surface area contributed by atoms with Gasteiger partial charge in [0.2, 0.25) is 0 Å². The Morgan fingerprint density at radius 2 is 2.19 bits per heavy atom. The summed E-state index contributed by atoms with van der Waals surface area (Å²) in [5.41, 5.74) is -7.00. The van der Waals surface area contributed by atoms with Gasteiger partial charge in [-0.25, -0.2) is 0 Å². The van der Waals surface area contributed by atoms with E-state index < -0.39 is 90.6 Å². The molecule has 27 heavy (non-hydrogen) atoms. The monoisotopic (exact) mass is 388 g/mol. The van der Waals surface area contributed by atoms with Gasteiger partial charge in [0, 0.05) is 49.3 Å². The van der Waals surface area contributed by atoms with E-state index in [-0.39, 0.29) is 5.56 Å². The normalized spacial score (nSPS) is 44.8. The predicted octanol–water partition coefficient (Wildman–Crippen LogP) is 6.26. The Hall–Kier alpha value is -1.51. The maximum Gasteiger partial charge on any atom is 0.133 e. The van der Waals surface area contributed by atoms with E-state index in [4.69, 9.17) is 23.9 Å². The SMILES string of the molecule is [2H]c1c(O)c2c(c([2H])c1C(C)(C)CCCCCC)OC(C([2H])([2H])[2H])(C([2H])([2H])[2H])[C@]1([2H])C([2H])([2H])C([2H])([2H])C(=O)C([2H])([2H])[C@@]21[2H]. The molecule has 0 unspecified atom stereocenters. The van der Waals surface area contributed by atoms with E-state index in [1.807, 2.05) is 6.92 Å². The lowest BCUT2D eigenvalue weighted by Crippen LogP contribution is -2.47. The average molecular weight is 389 g/mol. The lowest BCUT2D eigenvalue weighted by molar-refractivity contribution is -0.124. The van der Waals surface area contributed by atoms with E-state index in [2.05, 4.69) is 0 Å². The summed E-state index contributed by atoms with van der Waals surface area (Å²) >= 11 is 0. The van der Waals surface area contributed by atoms with Crippen molar-refractivity contribution in [3.63, 3.8) is 0 Å². The van der Waals surface area contributed by atoms with Crippen LogP contribution in [0.5, 0.6) is 11.5 Å². The molecule has 1 aliphatic heterocycles. The van der Waals surface area contributed by atoms with Crippen LogP contribution in [0.4, 0.5) is 0 Å². The lowest BCUT2D eigenvalue weighted by Gasteiger charge is -2.47. The summed E-state index contributed by atoms with van der Waals surface area (Å²) in [5.74, 6) is -13.2. The number of benzene rings is 1. The number of hydrogen-bond acceptors (Lipinski definition) is 3. The summed E-state index contributed by atoms with van der Waals surface area (Å²) in [5, 5.41) is 11.4. The van der Waals surface area contributed by atoms with Crippen LogP contribution in [0.1, 0.15) is 125 Å². The molecule has 0 spiro atoms. The van der Waals surface area contributed by atoms with Gasteiger partial charge in [-0.15, -0.1) is 0 Å². The van der Waals surface area contributed by atoms with E-state index in [9.17, 15) is 12.6 Å². The summed E-state index contributed by atoms with van der Waals surface area (Å²) < 4.78 is 142. The van der Waals surface area contributed by atoms with Gasteiger partial charge in [-0.2, -0.15) is 0 Å². The topological polar surface area (TPSA) is 46.5 Å². The third-order valence-electron chi connectivity index (χ3n) is 4.92. The fourth-order valence-corrected chi connectivity index (χ4v) is 3.31. The second kappa shape index (κ2) is 7.48. The zero-order valence-corrected chi connectivity index (χ0v) is 15.8. The van der Waals surface area contributed by atoms with Gasteiger partial charge < -0.3 is 9.84 Å². The largest absolute Gasteiger partial charge is 0.508 e. The number of unbranched alkanes of at least 4 members (excludes halogenated alkanes) is 3. The van der Waals surface area contributed by atoms with E-state index in [1.165, 1.54) is 0 Å². The summed E-state index contributed by atoms with van der Waals surface area (Å²) in [4.78, 5) is 13.3. The summed E-state index contributed by atoms with van der Waals surface area (Å²) in [6.07, 6.45) is -8.96. The molecule has 1 saturated carbocycles. The Kier molecular flexibility index (Phi) is 2.24. The number of ether oxygens (including phenoxy) is 1. The molecule has 150 valence electrons. The third-order valence-corrected chi connectivity index (χ3v) is 4.92. The Labute approximate surface area is 187 Å². The number of rotatable bonds is 6. The first-order valence-corrected chi connectivity index (χ1v) is 9.15. The third kappa shape index (κ3) is 4.02. The number of aromatic hydroxyl groups is 1. The van der Waals surface area contributed by atoms with Crippen molar-refractivity contribution in [1.29, 1.82) is 0 Å². The molecule has 1 N–H and O–H groups in total. The van der Waals surface area contributed by atoms with Crippen LogP contribution in [-0.2, 0) is 10.2 Å². The lowest BCUT2D eigenvalue weighted by atomic mass is 9.66. The van der Waals surface area contributed by atoms with Crippen molar-refractivity contribution in [2.75, 3.05) is 0 Å². The number of phenols is 1. The van der Waals surface area contributed by atoms with Crippen LogP contribution in [0.3, 0.4) is 0 Å². The van der Waals surface area contributed by atoms with Crippen molar-refractivity contribution in [1.82, 2.24) is 0 Å². The number of carbonyl (C=O) groups excluding carboxylic acids is 1. The van der Waals surface area contributed by atoms with Crippen LogP contribution in [-0.4, -0.2) is 16.5 Å². The maximum absolute atomic E-state index is 13.3. The molecular weight excluding hydrogens is 336 g/mol. The molecule has 0 saturated heterocycles. The molecular formula is C24H36O3. The molecule has 1 aliphatic carbocycles. The zero-order valence-electron chi connectivity index (χ0n) is 31.8. The van der Waals surface area contributed by atoms with Crippen molar-refractivity contribution in [2.45, 2.75) is 103 Å². The van der Waals surface area contributed by atoms with Crippen LogP contribution < -0.4 is 4.74 Å². The van der Waals surface area contributed by atoms with Crippen LogP contribution in [0.2, 0.25) is 0 Å². The quantitative estimate of drug-likeness (QED) is 0.585. The molecule has 2 atom stereocenters. The van der Waals surface area contributed by atoms with Gasteiger partial charge in [-0.1, -0.05) is 46.5 Å². The minimum atomic E-state index is -4.37. The van der Waals surface area contributed by atoms with Crippen molar-refractivity contribution in [2.24, 2.45) is 5.89 Å². The van der Waals surface area contributed by atoms with E-state index in [0.717, 1.165) is 19.3 Å². The zero-order chi connectivity index (χ0) is 33.8. The second-order valence-electron chi connectivity index (χ2n) is 7.61. The van der Waals surface area contributed by atoms with Gasteiger partial charge in [-0.05, 0) is 49.6 Å². The Morgan fingerprint density at radius 3 is 2.89 bits per heavy atom. The molecule has 0 bridgehead atoms. The highest BCUT2D eigenvalue weighted by Crippen LogP contribution is 2.54. The highest BCUT2D eigenvalue weighted by Gasteiger charge is 2.47. The molecule has 3 nitrogen and oxygen atoms in total. The molecule has 1 aromatic carbocycles. The Bertz CT molecular complexity index is 1300.